The maximum absolute atomic E-state index is 13.1. The first-order valence-electron chi connectivity index (χ1n) is 5.35. The number of rotatable bonds is 2. The third kappa shape index (κ3) is 1.93. The Hall–Kier alpha value is -1.42. The summed E-state index contributed by atoms with van der Waals surface area (Å²) >= 11 is 0. The molecule has 0 spiro atoms. The van der Waals surface area contributed by atoms with Crippen LogP contribution in [0.5, 0.6) is 0 Å². The number of amides is 1. The molecule has 16 heavy (non-hydrogen) atoms. The molecule has 1 amide bonds. The standard InChI is InChI=1S/C12H15FN2O/c1-7-4-8(2-3-11(7)13)9-5-15-6-10(9)12(14)16/h2-4,9-10,15H,5-6H2,1H3,(H2,14,16). The van der Waals surface area contributed by atoms with Crippen molar-refractivity contribution in [2.45, 2.75) is 12.8 Å². The minimum Gasteiger partial charge on any atom is -0.369 e. The summed E-state index contributed by atoms with van der Waals surface area (Å²) in [5, 5.41) is 3.14. The third-order valence-electron chi connectivity index (χ3n) is 3.19. The van der Waals surface area contributed by atoms with Crippen LogP contribution < -0.4 is 11.1 Å². The maximum Gasteiger partial charge on any atom is 0.222 e. The van der Waals surface area contributed by atoms with Gasteiger partial charge < -0.3 is 11.1 Å². The molecule has 86 valence electrons. The van der Waals surface area contributed by atoms with Gasteiger partial charge in [-0.05, 0) is 24.1 Å². The van der Waals surface area contributed by atoms with Gasteiger partial charge in [-0.25, -0.2) is 4.39 Å². The highest BCUT2D eigenvalue weighted by molar-refractivity contribution is 5.78. The van der Waals surface area contributed by atoms with Gasteiger partial charge in [0.2, 0.25) is 5.91 Å². The molecule has 1 aliphatic heterocycles. The molecule has 1 aromatic rings. The van der Waals surface area contributed by atoms with Crippen LogP contribution in [0, 0.1) is 18.7 Å². The molecule has 0 radical (unpaired) electrons. The number of nitrogens with two attached hydrogens (primary N) is 1. The van der Waals surface area contributed by atoms with E-state index in [-0.39, 0.29) is 23.6 Å². The number of carbonyl (C=O) groups excluding carboxylic acids is 1. The number of carbonyl (C=O) groups is 1. The Kier molecular flexibility index (Phi) is 2.92. The summed E-state index contributed by atoms with van der Waals surface area (Å²) in [6.45, 7) is 3.05. The van der Waals surface area contributed by atoms with Crippen LogP contribution in [0.15, 0.2) is 18.2 Å². The Bertz CT molecular complexity index is 419. The first-order valence-corrected chi connectivity index (χ1v) is 5.35. The number of primary amides is 1. The molecule has 0 bridgehead atoms. The lowest BCUT2D eigenvalue weighted by atomic mass is 9.88. The van der Waals surface area contributed by atoms with Crippen molar-refractivity contribution in [1.29, 1.82) is 0 Å². The molecular weight excluding hydrogens is 207 g/mol. The largest absolute Gasteiger partial charge is 0.369 e. The zero-order chi connectivity index (χ0) is 11.7. The molecule has 3 N–H and O–H groups in total. The Labute approximate surface area is 93.8 Å². The minimum absolute atomic E-state index is 0.0665. The fourth-order valence-electron chi connectivity index (χ4n) is 2.23. The molecule has 1 aromatic carbocycles. The Balaban J connectivity index is 2.29. The number of nitrogens with one attached hydrogen (secondary N) is 1. The molecule has 1 fully saturated rings. The van der Waals surface area contributed by atoms with Gasteiger partial charge in [0.15, 0.2) is 0 Å². The minimum atomic E-state index is -0.294. The molecule has 0 aromatic heterocycles. The smallest absolute Gasteiger partial charge is 0.222 e. The van der Waals surface area contributed by atoms with E-state index in [4.69, 9.17) is 5.73 Å². The van der Waals surface area contributed by atoms with Crippen molar-refractivity contribution in [2.24, 2.45) is 11.7 Å². The topological polar surface area (TPSA) is 55.1 Å². The molecular formula is C12H15FN2O. The van der Waals surface area contributed by atoms with Crippen molar-refractivity contribution in [3.8, 4) is 0 Å². The van der Waals surface area contributed by atoms with E-state index in [0.29, 0.717) is 12.1 Å². The summed E-state index contributed by atoms with van der Waals surface area (Å²) in [4.78, 5) is 11.2. The lowest BCUT2D eigenvalue weighted by Crippen LogP contribution is -2.28. The van der Waals surface area contributed by atoms with E-state index in [0.717, 1.165) is 12.1 Å². The van der Waals surface area contributed by atoms with Gasteiger partial charge in [0.1, 0.15) is 5.82 Å². The van der Waals surface area contributed by atoms with Crippen LogP contribution >= 0.6 is 0 Å². The normalized spacial score (nSPS) is 24.6. The van der Waals surface area contributed by atoms with E-state index in [1.165, 1.54) is 6.07 Å². The molecule has 2 rings (SSSR count). The van der Waals surface area contributed by atoms with Gasteiger partial charge in [-0.15, -0.1) is 0 Å². The van der Waals surface area contributed by atoms with E-state index in [9.17, 15) is 9.18 Å². The Morgan fingerprint density at radius 1 is 1.50 bits per heavy atom. The summed E-state index contributed by atoms with van der Waals surface area (Å²) in [5.41, 5.74) is 6.92. The fourth-order valence-corrected chi connectivity index (χ4v) is 2.23. The van der Waals surface area contributed by atoms with E-state index in [2.05, 4.69) is 5.32 Å². The van der Waals surface area contributed by atoms with Gasteiger partial charge in [-0.1, -0.05) is 12.1 Å². The van der Waals surface area contributed by atoms with Crippen molar-refractivity contribution in [3.63, 3.8) is 0 Å². The average molecular weight is 222 g/mol. The summed E-state index contributed by atoms with van der Waals surface area (Å²) < 4.78 is 13.1. The molecule has 2 unspecified atom stereocenters. The van der Waals surface area contributed by atoms with E-state index < -0.39 is 0 Å². The Morgan fingerprint density at radius 3 is 2.88 bits per heavy atom. The predicted molar refractivity (Wildman–Crippen MR) is 59.4 cm³/mol. The monoisotopic (exact) mass is 222 g/mol. The van der Waals surface area contributed by atoms with E-state index in [1.54, 1.807) is 19.1 Å². The summed E-state index contributed by atoms with van der Waals surface area (Å²) in [6.07, 6.45) is 0. The average Bonchev–Trinajstić information content (AvgIpc) is 2.71. The molecule has 4 heteroatoms. The van der Waals surface area contributed by atoms with Crippen molar-refractivity contribution in [2.75, 3.05) is 13.1 Å². The summed E-state index contributed by atoms with van der Waals surface area (Å²) in [7, 11) is 0. The SMILES string of the molecule is Cc1cc(C2CNCC2C(N)=O)ccc1F. The Morgan fingerprint density at radius 2 is 2.25 bits per heavy atom. The molecule has 3 nitrogen and oxygen atoms in total. The lowest BCUT2D eigenvalue weighted by molar-refractivity contribution is -0.121. The van der Waals surface area contributed by atoms with Crippen LogP contribution in [0.25, 0.3) is 0 Å². The second kappa shape index (κ2) is 4.22. The maximum atomic E-state index is 13.1. The van der Waals surface area contributed by atoms with Gasteiger partial charge in [-0.2, -0.15) is 0 Å². The molecule has 0 saturated carbocycles. The summed E-state index contributed by atoms with van der Waals surface area (Å²) in [6, 6.07) is 4.97. The second-order valence-electron chi connectivity index (χ2n) is 4.28. The fraction of sp³-hybridized carbons (Fsp3) is 0.417. The first-order chi connectivity index (χ1) is 7.59. The lowest BCUT2D eigenvalue weighted by Gasteiger charge is -2.16. The molecule has 1 heterocycles. The van der Waals surface area contributed by atoms with Gasteiger partial charge in [0.25, 0.3) is 0 Å². The van der Waals surface area contributed by atoms with Crippen molar-refractivity contribution in [3.05, 3.63) is 35.1 Å². The molecule has 1 saturated heterocycles. The highest BCUT2D eigenvalue weighted by Crippen LogP contribution is 2.28. The molecule has 1 aliphatic rings. The summed E-state index contributed by atoms with van der Waals surface area (Å²) in [5.74, 6) is -0.635. The second-order valence-corrected chi connectivity index (χ2v) is 4.28. The molecule has 2 atom stereocenters. The number of aryl methyl sites for hydroxylation is 1. The zero-order valence-corrected chi connectivity index (χ0v) is 9.16. The van der Waals surface area contributed by atoms with Gasteiger partial charge in [0, 0.05) is 19.0 Å². The van der Waals surface area contributed by atoms with Crippen LogP contribution in [-0.2, 0) is 4.79 Å². The molecule has 0 aliphatic carbocycles. The van der Waals surface area contributed by atoms with Crippen molar-refractivity contribution >= 4 is 5.91 Å². The van der Waals surface area contributed by atoms with E-state index in [1.807, 2.05) is 0 Å². The first kappa shape index (κ1) is 11.1. The number of hydrogen-bond donors (Lipinski definition) is 2. The predicted octanol–water partition coefficient (Wildman–Crippen LogP) is 0.922. The van der Waals surface area contributed by atoms with Crippen molar-refractivity contribution in [1.82, 2.24) is 5.32 Å². The third-order valence-corrected chi connectivity index (χ3v) is 3.19. The van der Waals surface area contributed by atoms with Crippen LogP contribution in [0.1, 0.15) is 17.0 Å². The van der Waals surface area contributed by atoms with Crippen LogP contribution in [0.2, 0.25) is 0 Å². The van der Waals surface area contributed by atoms with E-state index >= 15 is 0 Å². The van der Waals surface area contributed by atoms with Gasteiger partial charge in [-0.3, -0.25) is 4.79 Å². The highest BCUT2D eigenvalue weighted by Gasteiger charge is 2.32. The van der Waals surface area contributed by atoms with Gasteiger partial charge >= 0.3 is 0 Å². The van der Waals surface area contributed by atoms with Gasteiger partial charge in [0.05, 0.1) is 5.92 Å². The van der Waals surface area contributed by atoms with Crippen LogP contribution in [0.3, 0.4) is 0 Å². The number of benzene rings is 1. The van der Waals surface area contributed by atoms with Crippen molar-refractivity contribution < 1.29 is 9.18 Å². The highest BCUT2D eigenvalue weighted by atomic mass is 19.1. The quantitative estimate of drug-likeness (QED) is 0.782. The van der Waals surface area contributed by atoms with Crippen LogP contribution in [0.4, 0.5) is 4.39 Å². The van der Waals surface area contributed by atoms with Crippen LogP contribution in [-0.4, -0.2) is 19.0 Å². The number of halogens is 1. The zero-order valence-electron chi connectivity index (χ0n) is 9.16. The number of hydrogen-bond acceptors (Lipinski definition) is 2.